The molecule has 2 rings (SSSR count). The Morgan fingerprint density at radius 1 is 1.18 bits per heavy atom. The smallest absolute Gasteiger partial charge is 0.147 e. The van der Waals surface area contributed by atoms with Crippen molar-refractivity contribution in [3.05, 3.63) is 32.2 Å². The summed E-state index contributed by atoms with van der Waals surface area (Å²) in [5, 5.41) is 13.5. The number of likely N-dealkylation sites (N-methyl/N-ethyl adjacent to an activating group) is 1. The minimum absolute atomic E-state index is 0.920. The van der Waals surface area contributed by atoms with Gasteiger partial charge < -0.3 is 5.32 Å². The lowest BCUT2D eigenvalue weighted by atomic mass is 10.2. The molecule has 1 aromatic heterocycles. The van der Waals surface area contributed by atoms with E-state index in [1.807, 2.05) is 25.2 Å². The highest BCUT2D eigenvalue weighted by molar-refractivity contribution is 9.11. The van der Waals surface area contributed by atoms with Crippen molar-refractivity contribution in [2.45, 2.75) is 6.42 Å². The molecule has 0 unspecified atom stereocenters. The molecule has 0 fully saturated rings. The molecule has 90 valence electrons. The van der Waals surface area contributed by atoms with E-state index < -0.39 is 0 Å². The van der Waals surface area contributed by atoms with Crippen LogP contribution in [0, 0.1) is 0 Å². The SMILES string of the molecule is CNCCc1nnc(-c2cc(Br)cc(Br)c2)s1. The summed E-state index contributed by atoms with van der Waals surface area (Å²) >= 11 is 8.59. The second-order valence-electron chi connectivity index (χ2n) is 3.51. The molecule has 0 aliphatic heterocycles. The van der Waals surface area contributed by atoms with Crippen LogP contribution in [0.15, 0.2) is 27.1 Å². The van der Waals surface area contributed by atoms with Crippen molar-refractivity contribution in [2.75, 3.05) is 13.6 Å². The summed E-state index contributed by atoms with van der Waals surface area (Å²) in [4.78, 5) is 0. The van der Waals surface area contributed by atoms with Gasteiger partial charge >= 0.3 is 0 Å². The molecule has 0 saturated carbocycles. The molecule has 6 heteroatoms. The summed E-state index contributed by atoms with van der Waals surface area (Å²) in [7, 11) is 1.94. The fourth-order valence-electron chi connectivity index (χ4n) is 1.38. The van der Waals surface area contributed by atoms with Crippen molar-refractivity contribution in [1.82, 2.24) is 15.5 Å². The number of nitrogens with one attached hydrogen (secondary N) is 1. The maximum Gasteiger partial charge on any atom is 0.147 e. The number of rotatable bonds is 4. The quantitative estimate of drug-likeness (QED) is 0.887. The molecule has 1 aromatic carbocycles. The molecule has 3 nitrogen and oxygen atoms in total. The van der Waals surface area contributed by atoms with E-state index >= 15 is 0 Å². The molecule has 0 radical (unpaired) electrons. The van der Waals surface area contributed by atoms with Crippen LogP contribution in [0.1, 0.15) is 5.01 Å². The fourth-order valence-corrected chi connectivity index (χ4v) is 3.50. The third-order valence-corrected chi connectivity index (χ3v) is 4.11. The van der Waals surface area contributed by atoms with Gasteiger partial charge in [0.2, 0.25) is 0 Å². The molecule has 0 bridgehead atoms. The molecule has 0 atom stereocenters. The van der Waals surface area contributed by atoms with Crippen molar-refractivity contribution < 1.29 is 0 Å². The van der Waals surface area contributed by atoms with Gasteiger partial charge in [0.25, 0.3) is 0 Å². The van der Waals surface area contributed by atoms with E-state index in [1.165, 1.54) is 0 Å². The van der Waals surface area contributed by atoms with Crippen LogP contribution >= 0.6 is 43.2 Å². The molecular formula is C11H11Br2N3S. The Morgan fingerprint density at radius 2 is 1.88 bits per heavy atom. The number of aromatic nitrogens is 2. The average Bonchev–Trinajstić information content (AvgIpc) is 2.73. The van der Waals surface area contributed by atoms with Gasteiger partial charge in [0.15, 0.2) is 0 Å². The lowest BCUT2D eigenvalue weighted by Crippen LogP contribution is -2.09. The predicted octanol–water partition coefficient (Wildman–Crippen LogP) is 3.49. The average molecular weight is 377 g/mol. The van der Waals surface area contributed by atoms with Gasteiger partial charge in [-0.3, -0.25) is 0 Å². The highest BCUT2D eigenvalue weighted by Gasteiger charge is 2.07. The molecule has 17 heavy (non-hydrogen) atoms. The van der Waals surface area contributed by atoms with E-state index in [0.29, 0.717) is 0 Å². The van der Waals surface area contributed by atoms with E-state index in [0.717, 1.165) is 37.5 Å². The van der Waals surface area contributed by atoms with E-state index in [4.69, 9.17) is 0 Å². The van der Waals surface area contributed by atoms with Crippen LogP contribution in [0.5, 0.6) is 0 Å². The second kappa shape index (κ2) is 6.04. The van der Waals surface area contributed by atoms with Crippen molar-refractivity contribution in [3.63, 3.8) is 0 Å². The van der Waals surface area contributed by atoms with Crippen LogP contribution < -0.4 is 5.32 Å². The topological polar surface area (TPSA) is 37.8 Å². The van der Waals surface area contributed by atoms with Gasteiger partial charge in [-0.1, -0.05) is 43.2 Å². The largest absolute Gasteiger partial charge is 0.319 e. The first-order valence-electron chi connectivity index (χ1n) is 5.12. The normalized spacial score (nSPS) is 10.8. The fraction of sp³-hybridized carbons (Fsp3) is 0.273. The Bertz CT molecular complexity index is 493. The molecule has 0 saturated heterocycles. The lowest BCUT2D eigenvalue weighted by Gasteiger charge is -1.98. The number of benzene rings is 1. The van der Waals surface area contributed by atoms with E-state index in [-0.39, 0.29) is 0 Å². The minimum Gasteiger partial charge on any atom is -0.319 e. The van der Waals surface area contributed by atoms with Gasteiger partial charge in [0.1, 0.15) is 10.0 Å². The van der Waals surface area contributed by atoms with Gasteiger partial charge in [-0.25, -0.2) is 0 Å². The number of halogens is 2. The summed E-state index contributed by atoms with van der Waals surface area (Å²) in [5.74, 6) is 0. The zero-order valence-corrected chi connectivity index (χ0v) is 13.2. The van der Waals surface area contributed by atoms with Gasteiger partial charge in [-0.05, 0) is 25.2 Å². The Kier molecular flexibility index (Phi) is 4.67. The molecule has 2 aromatic rings. The standard InChI is InChI=1S/C11H11Br2N3S/c1-14-3-2-10-15-16-11(17-10)7-4-8(12)6-9(13)5-7/h4-6,14H,2-3H2,1H3. The minimum atomic E-state index is 0.920. The van der Waals surface area contributed by atoms with E-state index in [2.05, 4.69) is 47.4 Å². The van der Waals surface area contributed by atoms with Gasteiger partial charge in [0, 0.05) is 27.5 Å². The van der Waals surface area contributed by atoms with Crippen LogP contribution in [-0.4, -0.2) is 23.8 Å². The van der Waals surface area contributed by atoms with Gasteiger partial charge in [0.05, 0.1) is 0 Å². The van der Waals surface area contributed by atoms with Gasteiger partial charge in [-0.15, -0.1) is 10.2 Å². The summed E-state index contributed by atoms with van der Waals surface area (Å²) < 4.78 is 2.07. The Balaban J connectivity index is 2.24. The molecular weight excluding hydrogens is 366 g/mol. The molecule has 1 heterocycles. The maximum atomic E-state index is 4.22. The number of hydrogen-bond acceptors (Lipinski definition) is 4. The third-order valence-electron chi connectivity index (χ3n) is 2.17. The highest BCUT2D eigenvalue weighted by Crippen LogP contribution is 2.29. The van der Waals surface area contributed by atoms with Crippen LogP contribution in [-0.2, 0) is 6.42 Å². The Labute approximate surface area is 121 Å². The van der Waals surface area contributed by atoms with Crippen LogP contribution in [0.3, 0.4) is 0 Å². The number of nitrogens with zero attached hydrogens (tertiary/aromatic N) is 2. The van der Waals surface area contributed by atoms with Crippen LogP contribution in [0.25, 0.3) is 10.6 Å². The summed E-state index contributed by atoms with van der Waals surface area (Å²) in [6, 6.07) is 6.10. The molecule has 1 N–H and O–H groups in total. The van der Waals surface area contributed by atoms with Crippen LogP contribution in [0.2, 0.25) is 0 Å². The highest BCUT2D eigenvalue weighted by atomic mass is 79.9. The van der Waals surface area contributed by atoms with Crippen molar-refractivity contribution in [1.29, 1.82) is 0 Å². The lowest BCUT2D eigenvalue weighted by molar-refractivity contribution is 0.779. The third kappa shape index (κ3) is 3.58. The molecule has 0 spiro atoms. The van der Waals surface area contributed by atoms with Crippen LogP contribution in [0.4, 0.5) is 0 Å². The summed E-state index contributed by atoms with van der Waals surface area (Å²) in [5.41, 5.74) is 1.08. The van der Waals surface area contributed by atoms with Gasteiger partial charge in [-0.2, -0.15) is 0 Å². The first-order valence-corrected chi connectivity index (χ1v) is 7.53. The van der Waals surface area contributed by atoms with Crippen molar-refractivity contribution in [3.8, 4) is 10.6 Å². The van der Waals surface area contributed by atoms with Crippen molar-refractivity contribution in [2.24, 2.45) is 0 Å². The molecule has 0 amide bonds. The zero-order valence-electron chi connectivity index (χ0n) is 9.20. The molecule has 0 aliphatic rings. The molecule has 0 aliphatic carbocycles. The van der Waals surface area contributed by atoms with E-state index in [1.54, 1.807) is 11.3 Å². The Hall–Kier alpha value is -0.300. The Morgan fingerprint density at radius 3 is 2.53 bits per heavy atom. The van der Waals surface area contributed by atoms with Crippen molar-refractivity contribution >= 4 is 43.2 Å². The summed E-state index contributed by atoms with van der Waals surface area (Å²) in [6.45, 7) is 0.927. The second-order valence-corrected chi connectivity index (χ2v) is 6.41. The number of hydrogen-bond donors (Lipinski definition) is 1. The predicted molar refractivity (Wildman–Crippen MR) is 78.4 cm³/mol. The summed E-state index contributed by atoms with van der Waals surface area (Å²) in [6.07, 6.45) is 0.920. The zero-order chi connectivity index (χ0) is 12.3. The maximum absolute atomic E-state index is 4.22. The monoisotopic (exact) mass is 375 g/mol. The van der Waals surface area contributed by atoms with E-state index in [9.17, 15) is 0 Å². The first-order chi connectivity index (χ1) is 8.19. The first kappa shape index (κ1) is 13.1.